The number of carbonyl (C=O) groups is 8. The number of rotatable bonds is 13. The summed E-state index contributed by atoms with van der Waals surface area (Å²) in [5, 5.41) is 9.14. The van der Waals surface area contributed by atoms with Crippen LogP contribution in [0, 0.1) is 11.8 Å². The number of esters is 1. The molecule has 2 aromatic carbocycles. The van der Waals surface area contributed by atoms with Gasteiger partial charge in [-0.3, -0.25) is 29.0 Å². The first-order chi connectivity index (χ1) is 28.5. The fourth-order valence-corrected chi connectivity index (χ4v) is 8.01. The van der Waals surface area contributed by atoms with Crippen LogP contribution in [0.2, 0.25) is 10.0 Å². The molecular weight excluding hydrogens is 855 g/mol. The van der Waals surface area contributed by atoms with E-state index in [2.05, 4.69) is 0 Å². The maximum absolute atomic E-state index is 13.0. The van der Waals surface area contributed by atoms with Crippen LogP contribution in [0.25, 0.3) is 0 Å². The summed E-state index contributed by atoms with van der Waals surface area (Å²) in [5.74, 6) is -3.08. The molecule has 0 bridgehead atoms. The lowest BCUT2D eigenvalue weighted by Crippen LogP contribution is -2.54. The highest BCUT2D eigenvalue weighted by Crippen LogP contribution is 2.44. The van der Waals surface area contributed by atoms with E-state index in [4.69, 9.17) is 54.1 Å². The van der Waals surface area contributed by atoms with Gasteiger partial charge >= 0.3 is 24.1 Å². The monoisotopic (exact) mass is 910 g/mol. The van der Waals surface area contributed by atoms with Gasteiger partial charge < -0.3 is 28.9 Å². The second-order valence-corrected chi connectivity index (χ2v) is 16.8. The predicted molar refractivity (Wildman–Crippen MR) is 229 cm³/mol. The van der Waals surface area contributed by atoms with Crippen LogP contribution in [0.1, 0.15) is 117 Å². The maximum atomic E-state index is 13.0. The number of carboxylic acid groups (broad SMARTS) is 1. The van der Waals surface area contributed by atoms with E-state index in [0.29, 0.717) is 46.9 Å². The minimum Gasteiger partial charge on any atom is -0.481 e. The molecule has 0 aliphatic heterocycles. The van der Waals surface area contributed by atoms with Gasteiger partial charge in [0.1, 0.15) is 22.6 Å². The van der Waals surface area contributed by atoms with E-state index in [1.165, 1.54) is 44.5 Å². The van der Waals surface area contributed by atoms with Crippen molar-refractivity contribution < 1.29 is 57.7 Å². The Labute approximate surface area is 372 Å². The first-order valence-electron chi connectivity index (χ1n) is 20.0. The van der Waals surface area contributed by atoms with Gasteiger partial charge in [0.2, 0.25) is 6.29 Å². The lowest BCUT2D eigenvalue weighted by Gasteiger charge is -2.43. The first kappa shape index (κ1) is 52.6. The van der Waals surface area contributed by atoms with Crippen LogP contribution in [0.15, 0.2) is 48.5 Å². The number of halogens is 3. The van der Waals surface area contributed by atoms with Crippen molar-refractivity contribution in [2.45, 2.75) is 129 Å². The minimum absolute atomic E-state index is 0.0199. The molecule has 61 heavy (non-hydrogen) atoms. The summed E-state index contributed by atoms with van der Waals surface area (Å²) < 4.78 is 15.5. The Bertz CT molecular complexity index is 1910. The molecule has 0 aromatic heterocycles. The number of carboxylic acids is 1. The molecule has 0 radical (unpaired) electrons. The van der Waals surface area contributed by atoms with E-state index in [9.17, 15) is 38.4 Å². The van der Waals surface area contributed by atoms with Crippen LogP contribution in [-0.4, -0.2) is 88.1 Å². The average Bonchev–Trinajstić information content (AvgIpc) is 3.18. The van der Waals surface area contributed by atoms with Crippen LogP contribution in [0.3, 0.4) is 0 Å². The normalized spacial score (nSPS) is 20.4. The SMILES string of the molecule is CC(=O)C[C@@H](C)C(=O)O.CC(=O)C[C@@H](C)C(=O)OC(C)OC(=O)N(C)[C@@]1(c2ccccc2Cl)CCCCC1=O.CC(Cl)OC(=O)N(C)[C@@]1(c2ccccc2Cl)CCCCC1=O. The summed E-state index contributed by atoms with van der Waals surface area (Å²) in [6.45, 7) is 8.82. The molecule has 336 valence electrons. The van der Waals surface area contributed by atoms with E-state index in [1.807, 2.05) is 6.07 Å². The van der Waals surface area contributed by atoms with Gasteiger partial charge in [-0.05, 0) is 71.4 Å². The van der Waals surface area contributed by atoms with Crippen molar-refractivity contribution in [1.29, 1.82) is 0 Å². The number of hydrogen-bond donors (Lipinski definition) is 1. The Balaban J connectivity index is 0.000000360. The quantitative estimate of drug-likeness (QED) is 0.114. The van der Waals surface area contributed by atoms with E-state index < -0.39 is 58.9 Å². The third-order valence-electron chi connectivity index (χ3n) is 10.5. The van der Waals surface area contributed by atoms with Crippen molar-refractivity contribution in [2.24, 2.45) is 11.8 Å². The molecule has 6 atom stereocenters. The largest absolute Gasteiger partial charge is 0.481 e. The summed E-state index contributed by atoms with van der Waals surface area (Å²) in [6.07, 6.45) is 2.42. The molecule has 0 heterocycles. The number of nitrogens with zero attached hydrogens (tertiary/aromatic N) is 2. The van der Waals surface area contributed by atoms with E-state index in [-0.39, 0.29) is 36.0 Å². The number of hydrogen-bond acceptors (Lipinski definition) is 11. The van der Waals surface area contributed by atoms with Gasteiger partial charge in [0.15, 0.2) is 17.1 Å². The van der Waals surface area contributed by atoms with Gasteiger partial charge in [0, 0.05) is 67.9 Å². The van der Waals surface area contributed by atoms with E-state index in [1.54, 1.807) is 63.4 Å². The van der Waals surface area contributed by atoms with Crippen molar-refractivity contribution >= 4 is 82.1 Å². The van der Waals surface area contributed by atoms with Gasteiger partial charge in [-0.15, -0.1) is 0 Å². The average molecular weight is 912 g/mol. The van der Waals surface area contributed by atoms with Gasteiger partial charge in [-0.1, -0.05) is 85.0 Å². The lowest BCUT2D eigenvalue weighted by atomic mass is 9.74. The predicted octanol–water partition coefficient (Wildman–Crippen LogP) is 9.27. The fraction of sp³-hybridized carbons (Fsp3) is 0.545. The zero-order valence-corrected chi connectivity index (χ0v) is 38.2. The van der Waals surface area contributed by atoms with Crippen LogP contribution >= 0.6 is 34.8 Å². The van der Waals surface area contributed by atoms with Crippen molar-refractivity contribution in [3.05, 3.63) is 69.7 Å². The number of amides is 2. The second kappa shape index (κ2) is 24.2. The maximum Gasteiger partial charge on any atom is 0.413 e. The molecule has 14 nitrogen and oxygen atoms in total. The lowest BCUT2D eigenvalue weighted by molar-refractivity contribution is -0.172. The molecule has 2 aliphatic carbocycles. The smallest absolute Gasteiger partial charge is 0.413 e. The molecule has 1 N–H and O–H groups in total. The number of carbonyl (C=O) groups excluding carboxylic acids is 7. The Morgan fingerprint density at radius 1 is 0.656 bits per heavy atom. The van der Waals surface area contributed by atoms with Gasteiger partial charge in [0.25, 0.3) is 0 Å². The van der Waals surface area contributed by atoms with Crippen LogP contribution in [0.4, 0.5) is 9.59 Å². The Kier molecular flexibility index (Phi) is 20.9. The van der Waals surface area contributed by atoms with E-state index >= 15 is 0 Å². The fourth-order valence-electron chi connectivity index (χ4n) is 7.35. The highest BCUT2D eigenvalue weighted by Gasteiger charge is 2.50. The van der Waals surface area contributed by atoms with E-state index in [0.717, 1.165) is 25.7 Å². The first-order valence-corrected chi connectivity index (χ1v) is 21.2. The van der Waals surface area contributed by atoms with Gasteiger partial charge in [-0.2, -0.15) is 0 Å². The second-order valence-electron chi connectivity index (χ2n) is 15.3. The summed E-state index contributed by atoms with van der Waals surface area (Å²) >= 11 is 18.4. The molecule has 4 rings (SSSR count). The zero-order chi connectivity index (χ0) is 46.2. The highest BCUT2D eigenvalue weighted by atomic mass is 35.5. The molecule has 2 unspecified atom stereocenters. The summed E-state index contributed by atoms with van der Waals surface area (Å²) in [7, 11) is 3.05. The molecule has 17 heteroatoms. The third-order valence-corrected chi connectivity index (χ3v) is 11.2. The molecule has 2 aliphatic rings. The Morgan fingerprint density at radius 3 is 1.39 bits per heavy atom. The minimum atomic E-state index is -1.24. The molecule has 2 fully saturated rings. The number of aliphatic carboxylic acids is 1. The number of ether oxygens (including phenoxy) is 3. The standard InChI is InChI=1S/C22H28ClNO6.C16H19Cl2NO3.C6H10O3/c1-14(13-15(2)25)20(27)29-16(3)30-21(28)24(4)22(12-8-7-11-19(22)26)17-9-5-6-10-18(17)23;1-11(17)22-15(21)19(2)16(10-6-5-9-14(16)20)12-7-3-4-8-13(12)18;1-4(6(8)9)3-5(2)7/h5-6,9-10,14,16H,7-8,11-13H2,1-4H3;3-4,7-8,11H,5-6,9-10H2,1-2H3;4H,3H2,1-2H3,(H,8,9)/t14-,16?,22-;11?,16-;4-/m111/s1. The van der Waals surface area contributed by atoms with Crippen molar-refractivity contribution in [3.63, 3.8) is 0 Å². The van der Waals surface area contributed by atoms with Crippen LogP contribution in [0.5, 0.6) is 0 Å². The Hall–Kier alpha value is -4.53. The summed E-state index contributed by atoms with van der Waals surface area (Å²) in [4.78, 5) is 97.2. The number of likely N-dealkylation sites (N-methyl/N-ethyl adjacent to an activating group) is 2. The number of benzene rings is 2. The van der Waals surface area contributed by atoms with Crippen molar-refractivity contribution in [3.8, 4) is 0 Å². The van der Waals surface area contributed by atoms with Crippen LogP contribution in [-0.2, 0) is 54.1 Å². The zero-order valence-electron chi connectivity index (χ0n) is 36.0. The summed E-state index contributed by atoms with van der Waals surface area (Å²) in [6, 6.07) is 14.1. The van der Waals surface area contributed by atoms with Crippen molar-refractivity contribution in [1.82, 2.24) is 9.80 Å². The number of Topliss-reactive ketones (excluding diaryl/α,β-unsaturated/α-hetero) is 4. The number of alkyl halides is 1. The number of ketones is 4. The molecule has 0 spiro atoms. The molecule has 0 saturated heterocycles. The molecule has 2 amide bonds. The third kappa shape index (κ3) is 14.3. The van der Waals surface area contributed by atoms with Gasteiger partial charge in [-0.25, -0.2) is 9.59 Å². The van der Waals surface area contributed by atoms with Crippen LogP contribution < -0.4 is 0 Å². The Morgan fingerprint density at radius 2 is 1.05 bits per heavy atom. The van der Waals surface area contributed by atoms with Gasteiger partial charge in [0.05, 0.1) is 11.8 Å². The summed E-state index contributed by atoms with van der Waals surface area (Å²) in [5.41, 5.74) is -1.89. The highest BCUT2D eigenvalue weighted by molar-refractivity contribution is 6.32. The molecule has 2 aromatic rings. The molecular formula is C44H57Cl3N2O12. The topological polar surface area (TPSA) is 191 Å². The molecule has 2 saturated carbocycles. The van der Waals surface area contributed by atoms with Crippen molar-refractivity contribution in [2.75, 3.05) is 14.1 Å².